The lowest BCUT2D eigenvalue weighted by molar-refractivity contribution is -0.141. The van der Waals surface area contributed by atoms with E-state index in [2.05, 4.69) is 10.3 Å². The van der Waals surface area contributed by atoms with Gasteiger partial charge in [0.2, 0.25) is 11.8 Å². The number of imidazole rings is 1. The number of nitrogens with one attached hydrogen (secondary N) is 1. The highest BCUT2D eigenvalue weighted by atomic mass is 19.1. The highest BCUT2D eigenvalue weighted by molar-refractivity contribution is 5.93. The molecule has 13 heteroatoms. The first-order chi connectivity index (χ1) is 21.3. The Labute approximate surface area is 270 Å². The number of aliphatic hydroxyl groups is 1. The molecule has 2 aromatic rings. The van der Waals surface area contributed by atoms with E-state index in [1.165, 1.54) is 35.3 Å². The number of aromatic nitrogens is 2. The number of hydrogen-bond donors (Lipinski definition) is 2. The van der Waals surface area contributed by atoms with Crippen LogP contribution in [0, 0.1) is 11.2 Å². The largest absolute Gasteiger partial charge is 0.444 e. The van der Waals surface area contributed by atoms with Crippen LogP contribution in [0.2, 0.25) is 0 Å². The third-order valence-electron chi connectivity index (χ3n) is 7.94. The van der Waals surface area contributed by atoms with Gasteiger partial charge in [0.15, 0.2) is 0 Å². The Bertz CT molecular complexity index is 1380. The van der Waals surface area contributed by atoms with Crippen molar-refractivity contribution in [2.24, 2.45) is 12.5 Å². The van der Waals surface area contributed by atoms with Crippen LogP contribution in [-0.2, 0) is 27.8 Å². The number of likely N-dealkylation sites (N-methyl/N-ethyl adjacent to an activating group) is 1. The number of carbonyl (C=O) groups excluding carboxylic acids is 4. The Hall–Kier alpha value is -4.00. The van der Waals surface area contributed by atoms with Gasteiger partial charge in [0.1, 0.15) is 29.2 Å². The normalized spacial score (nSPS) is 18.1. The Morgan fingerprint density at radius 1 is 1.13 bits per heavy atom. The molecule has 0 radical (unpaired) electrons. The van der Waals surface area contributed by atoms with Crippen molar-refractivity contribution < 1.29 is 33.4 Å². The number of aliphatic hydroxyl groups excluding tert-OH is 1. The molecule has 2 heterocycles. The number of halogens is 1. The van der Waals surface area contributed by atoms with E-state index in [1.54, 1.807) is 62.5 Å². The van der Waals surface area contributed by atoms with Gasteiger partial charge in [-0.15, -0.1) is 0 Å². The fraction of sp³-hybridized carbons (Fsp3) is 0.606. The summed E-state index contributed by atoms with van der Waals surface area (Å²) in [6.45, 7) is 12.6. The predicted octanol–water partition coefficient (Wildman–Crippen LogP) is 2.99. The quantitative estimate of drug-likeness (QED) is 0.406. The number of nitrogens with zero attached hydrogens (tertiary/aromatic N) is 5. The number of carbonyl (C=O) groups is 4. The number of rotatable bonds is 10. The van der Waals surface area contributed by atoms with Gasteiger partial charge in [0, 0.05) is 39.9 Å². The van der Waals surface area contributed by atoms with Crippen molar-refractivity contribution in [2.45, 2.75) is 91.1 Å². The molecule has 1 aliphatic heterocycles. The van der Waals surface area contributed by atoms with Gasteiger partial charge >= 0.3 is 6.09 Å². The van der Waals surface area contributed by atoms with E-state index in [0.29, 0.717) is 6.42 Å². The molecule has 3 rings (SSSR count). The smallest absolute Gasteiger partial charge is 0.410 e. The van der Waals surface area contributed by atoms with Crippen molar-refractivity contribution in [2.75, 3.05) is 26.7 Å². The molecular formula is C33H49FN6O6. The summed E-state index contributed by atoms with van der Waals surface area (Å²) in [5.41, 5.74) is -0.412. The van der Waals surface area contributed by atoms with Crippen LogP contribution in [0.3, 0.4) is 0 Å². The van der Waals surface area contributed by atoms with Gasteiger partial charge < -0.3 is 29.5 Å². The van der Waals surface area contributed by atoms with Crippen molar-refractivity contribution in [3.63, 3.8) is 0 Å². The minimum absolute atomic E-state index is 0.0306. The molecule has 1 fully saturated rings. The van der Waals surface area contributed by atoms with E-state index in [4.69, 9.17) is 4.74 Å². The molecule has 1 aromatic carbocycles. The van der Waals surface area contributed by atoms with Gasteiger partial charge in [-0.1, -0.05) is 32.9 Å². The molecule has 0 spiro atoms. The Balaban J connectivity index is 1.82. The van der Waals surface area contributed by atoms with Gasteiger partial charge in [-0.2, -0.15) is 0 Å². The average molecular weight is 645 g/mol. The molecular weight excluding hydrogens is 595 g/mol. The number of aryl methyl sites for hydroxylation is 1. The van der Waals surface area contributed by atoms with Crippen LogP contribution in [0.5, 0.6) is 0 Å². The summed E-state index contributed by atoms with van der Waals surface area (Å²) >= 11 is 0. The maximum Gasteiger partial charge on any atom is 0.410 e. The minimum Gasteiger partial charge on any atom is -0.444 e. The maximum atomic E-state index is 14.2. The standard InChI is InChI=1S/C33H49FN6O6/c1-21(38(9)31(45)46-33(5,6)7)28(42)36-27(32(2,3)4)30(44)40-18-25(41)16-24(40)17-39(29(43)26-19-37(8)20-35-26)15-14-22-10-12-23(34)13-11-22/h10-13,19-21,24-25,27,41H,14-18H2,1-9H3,(H,36,42)/t21-,24-,25+,27+/m0/s1. The van der Waals surface area contributed by atoms with Crippen LogP contribution in [0.25, 0.3) is 0 Å². The minimum atomic E-state index is -0.999. The molecule has 0 bridgehead atoms. The highest BCUT2D eigenvalue weighted by Crippen LogP contribution is 2.27. The summed E-state index contributed by atoms with van der Waals surface area (Å²) in [7, 11) is 3.21. The van der Waals surface area contributed by atoms with E-state index < -0.39 is 53.2 Å². The Morgan fingerprint density at radius 2 is 1.76 bits per heavy atom. The summed E-state index contributed by atoms with van der Waals surface area (Å²) < 4.78 is 20.5. The van der Waals surface area contributed by atoms with E-state index in [0.717, 1.165) is 5.56 Å². The monoisotopic (exact) mass is 644 g/mol. The summed E-state index contributed by atoms with van der Waals surface area (Å²) in [4.78, 5) is 62.3. The molecule has 254 valence electrons. The van der Waals surface area contributed by atoms with Crippen LogP contribution in [0.4, 0.5) is 9.18 Å². The van der Waals surface area contributed by atoms with Crippen molar-refractivity contribution in [3.05, 3.63) is 53.9 Å². The van der Waals surface area contributed by atoms with Crippen molar-refractivity contribution in [3.8, 4) is 0 Å². The zero-order valence-electron chi connectivity index (χ0n) is 28.4. The van der Waals surface area contributed by atoms with E-state index in [-0.39, 0.29) is 43.5 Å². The van der Waals surface area contributed by atoms with Crippen molar-refractivity contribution in [1.82, 2.24) is 29.6 Å². The first kappa shape index (κ1) is 36.5. The number of likely N-dealkylation sites (tertiary alicyclic amines) is 1. The molecule has 4 amide bonds. The van der Waals surface area contributed by atoms with E-state index in [1.807, 2.05) is 20.8 Å². The first-order valence-corrected chi connectivity index (χ1v) is 15.5. The molecule has 46 heavy (non-hydrogen) atoms. The lowest BCUT2D eigenvalue weighted by Gasteiger charge is -2.38. The zero-order valence-corrected chi connectivity index (χ0v) is 28.4. The van der Waals surface area contributed by atoms with Gasteiger partial charge in [-0.25, -0.2) is 14.2 Å². The number of hydrogen-bond acceptors (Lipinski definition) is 7. The molecule has 1 aliphatic rings. The third kappa shape index (κ3) is 9.75. The molecule has 0 unspecified atom stereocenters. The van der Waals surface area contributed by atoms with Crippen LogP contribution < -0.4 is 5.32 Å². The van der Waals surface area contributed by atoms with E-state index >= 15 is 0 Å². The lowest BCUT2D eigenvalue weighted by atomic mass is 9.85. The number of ether oxygens (including phenoxy) is 1. The highest BCUT2D eigenvalue weighted by Gasteiger charge is 2.43. The number of amides is 4. The SMILES string of the molecule is C[C@@H](C(=O)N[C@H](C(=O)N1C[C@H](O)C[C@H]1CN(CCc1ccc(F)cc1)C(=O)c1cn(C)cn1)C(C)(C)C)N(C)C(=O)OC(C)(C)C. The second-order valence-corrected chi connectivity index (χ2v) is 14.2. The third-order valence-corrected chi connectivity index (χ3v) is 7.94. The molecule has 0 aliphatic carbocycles. The van der Waals surface area contributed by atoms with Crippen LogP contribution in [-0.4, -0.2) is 110 Å². The molecule has 0 saturated carbocycles. The molecule has 2 N–H and O–H groups in total. The maximum absolute atomic E-state index is 14.2. The van der Waals surface area contributed by atoms with Crippen LogP contribution in [0.15, 0.2) is 36.8 Å². The summed E-state index contributed by atoms with van der Waals surface area (Å²) in [5.74, 6) is -1.63. The van der Waals surface area contributed by atoms with Gasteiger partial charge in [-0.05, 0) is 63.6 Å². The zero-order chi connectivity index (χ0) is 34.6. The second kappa shape index (κ2) is 14.6. The Kier molecular flexibility index (Phi) is 11.6. The fourth-order valence-electron chi connectivity index (χ4n) is 5.21. The van der Waals surface area contributed by atoms with Gasteiger partial charge in [0.05, 0.1) is 18.5 Å². The van der Waals surface area contributed by atoms with Crippen LogP contribution in [0.1, 0.15) is 70.9 Å². The number of β-amino-alcohol motifs (C(OH)–C–C–N with tert-alkyl or cyclic N) is 1. The second-order valence-electron chi connectivity index (χ2n) is 14.2. The lowest BCUT2D eigenvalue weighted by Crippen LogP contribution is -2.59. The fourth-order valence-corrected chi connectivity index (χ4v) is 5.21. The van der Waals surface area contributed by atoms with Crippen molar-refractivity contribution >= 4 is 23.8 Å². The summed E-state index contributed by atoms with van der Waals surface area (Å²) in [6, 6.07) is 3.55. The topological polar surface area (TPSA) is 137 Å². The van der Waals surface area contributed by atoms with Crippen molar-refractivity contribution in [1.29, 1.82) is 0 Å². The molecule has 1 aromatic heterocycles. The summed E-state index contributed by atoms with van der Waals surface area (Å²) in [6.07, 6.45) is 2.31. The average Bonchev–Trinajstić information content (AvgIpc) is 3.56. The van der Waals surface area contributed by atoms with Crippen LogP contribution >= 0.6 is 0 Å². The Morgan fingerprint density at radius 3 is 2.30 bits per heavy atom. The first-order valence-electron chi connectivity index (χ1n) is 15.5. The predicted molar refractivity (Wildman–Crippen MR) is 170 cm³/mol. The molecule has 4 atom stereocenters. The molecule has 1 saturated heterocycles. The number of benzene rings is 1. The molecule has 12 nitrogen and oxygen atoms in total. The van der Waals surface area contributed by atoms with Gasteiger partial charge in [-0.3, -0.25) is 19.3 Å². The van der Waals surface area contributed by atoms with Gasteiger partial charge in [0.25, 0.3) is 5.91 Å². The summed E-state index contributed by atoms with van der Waals surface area (Å²) in [5, 5.41) is 13.6. The van der Waals surface area contributed by atoms with E-state index in [9.17, 15) is 28.7 Å².